The van der Waals surface area contributed by atoms with E-state index in [0.717, 1.165) is 41.4 Å². The van der Waals surface area contributed by atoms with Gasteiger partial charge in [0.2, 0.25) is 0 Å². The molecule has 0 spiro atoms. The van der Waals surface area contributed by atoms with Gasteiger partial charge in [0, 0.05) is 5.56 Å². The smallest absolute Gasteiger partial charge is 0.165 e. The molecule has 96 valence electrons. The molecule has 0 amide bonds. The van der Waals surface area contributed by atoms with Gasteiger partial charge in [0.1, 0.15) is 6.10 Å². The molecule has 0 aliphatic carbocycles. The van der Waals surface area contributed by atoms with Crippen molar-refractivity contribution in [1.82, 2.24) is 0 Å². The van der Waals surface area contributed by atoms with Crippen LogP contribution in [0.4, 0.5) is 0 Å². The van der Waals surface area contributed by atoms with Crippen LogP contribution in [0.25, 0.3) is 0 Å². The zero-order valence-corrected chi connectivity index (χ0v) is 11.3. The van der Waals surface area contributed by atoms with Crippen LogP contribution in [-0.2, 0) is 6.42 Å². The molecule has 2 rings (SSSR count). The Balaban J connectivity index is 2.20. The SMILES string of the molecule is COc1cccc(CC#N)c1OC1CCSCC1. The summed E-state index contributed by atoms with van der Waals surface area (Å²) in [6.45, 7) is 0. The minimum absolute atomic E-state index is 0.250. The van der Waals surface area contributed by atoms with E-state index in [-0.39, 0.29) is 6.10 Å². The van der Waals surface area contributed by atoms with E-state index in [2.05, 4.69) is 6.07 Å². The topological polar surface area (TPSA) is 42.2 Å². The van der Waals surface area contributed by atoms with E-state index >= 15 is 0 Å². The van der Waals surface area contributed by atoms with Crippen LogP contribution in [0, 0.1) is 11.3 Å². The highest BCUT2D eigenvalue weighted by Crippen LogP contribution is 2.34. The third-order valence-corrected chi connectivity index (χ3v) is 4.05. The van der Waals surface area contributed by atoms with Crippen molar-refractivity contribution in [3.8, 4) is 17.6 Å². The molecule has 1 saturated heterocycles. The van der Waals surface area contributed by atoms with Crippen molar-refractivity contribution in [3.05, 3.63) is 23.8 Å². The number of benzene rings is 1. The minimum Gasteiger partial charge on any atom is -0.493 e. The molecule has 1 aromatic carbocycles. The Morgan fingerprint density at radius 3 is 2.83 bits per heavy atom. The Labute approximate surface area is 112 Å². The average molecular weight is 263 g/mol. The maximum Gasteiger partial charge on any atom is 0.165 e. The van der Waals surface area contributed by atoms with Gasteiger partial charge in [-0.2, -0.15) is 17.0 Å². The van der Waals surface area contributed by atoms with Crippen molar-refractivity contribution in [2.24, 2.45) is 0 Å². The van der Waals surface area contributed by atoms with Crippen molar-refractivity contribution in [2.45, 2.75) is 25.4 Å². The first-order chi connectivity index (χ1) is 8.85. The maximum absolute atomic E-state index is 8.86. The van der Waals surface area contributed by atoms with Crippen LogP contribution >= 0.6 is 11.8 Å². The van der Waals surface area contributed by atoms with Crippen LogP contribution in [0.2, 0.25) is 0 Å². The molecule has 3 nitrogen and oxygen atoms in total. The summed E-state index contributed by atoms with van der Waals surface area (Å²) in [6, 6.07) is 7.88. The third kappa shape index (κ3) is 3.11. The Kier molecular flexibility index (Phi) is 4.77. The van der Waals surface area contributed by atoms with Gasteiger partial charge in [0.25, 0.3) is 0 Å². The molecule has 18 heavy (non-hydrogen) atoms. The molecule has 4 heteroatoms. The molecule has 1 fully saturated rings. The van der Waals surface area contributed by atoms with E-state index in [9.17, 15) is 0 Å². The number of hydrogen-bond donors (Lipinski definition) is 0. The van der Waals surface area contributed by atoms with Gasteiger partial charge in [0.15, 0.2) is 11.5 Å². The number of rotatable bonds is 4. The minimum atomic E-state index is 0.250. The summed E-state index contributed by atoms with van der Waals surface area (Å²) >= 11 is 1.97. The standard InChI is InChI=1S/C14H17NO2S/c1-16-13-4-2-3-11(5-8-15)14(13)17-12-6-9-18-10-7-12/h2-4,12H,5-7,9-10H2,1H3. The fraction of sp³-hybridized carbons (Fsp3) is 0.500. The van der Waals surface area contributed by atoms with Crippen LogP contribution in [0.15, 0.2) is 18.2 Å². The second kappa shape index (κ2) is 6.55. The summed E-state index contributed by atoms with van der Waals surface area (Å²) in [4.78, 5) is 0. The first kappa shape index (κ1) is 13.1. The molecule has 0 radical (unpaired) electrons. The van der Waals surface area contributed by atoms with Crippen LogP contribution in [-0.4, -0.2) is 24.7 Å². The van der Waals surface area contributed by atoms with Gasteiger partial charge >= 0.3 is 0 Å². The van der Waals surface area contributed by atoms with Gasteiger partial charge in [-0.1, -0.05) is 12.1 Å². The number of para-hydroxylation sites is 1. The summed E-state index contributed by atoms with van der Waals surface area (Å²) in [7, 11) is 1.63. The number of methoxy groups -OCH3 is 1. The summed E-state index contributed by atoms with van der Waals surface area (Å²) in [5.74, 6) is 3.76. The van der Waals surface area contributed by atoms with E-state index in [1.54, 1.807) is 7.11 Å². The summed E-state index contributed by atoms with van der Waals surface area (Å²) < 4.78 is 11.4. The lowest BCUT2D eigenvalue weighted by Gasteiger charge is -2.24. The summed E-state index contributed by atoms with van der Waals surface area (Å²) in [5.41, 5.74) is 0.912. The number of ether oxygens (including phenoxy) is 2. The lowest BCUT2D eigenvalue weighted by Crippen LogP contribution is -2.22. The third-order valence-electron chi connectivity index (χ3n) is 3.00. The van der Waals surface area contributed by atoms with Crippen LogP contribution in [0.1, 0.15) is 18.4 Å². The van der Waals surface area contributed by atoms with E-state index in [0.29, 0.717) is 6.42 Å². The van der Waals surface area contributed by atoms with Crippen LogP contribution in [0.3, 0.4) is 0 Å². The second-order valence-electron chi connectivity index (χ2n) is 4.21. The fourth-order valence-corrected chi connectivity index (χ4v) is 3.10. The molecule has 0 bridgehead atoms. The zero-order valence-electron chi connectivity index (χ0n) is 10.5. The van der Waals surface area contributed by atoms with Crippen molar-refractivity contribution in [3.63, 3.8) is 0 Å². The number of nitriles is 1. The molecular weight excluding hydrogens is 246 g/mol. The predicted molar refractivity (Wildman–Crippen MR) is 73.3 cm³/mol. The van der Waals surface area contributed by atoms with Crippen LogP contribution < -0.4 is 9.47 Å². The highest BCUT2D eigenvalue weighted by molar-refractivity contribution is 7.99. The Bertz CT molecular complexity index is 436. The van der Waals surface area contributed by atoms with Gasteiger partial charge in [-0.05, 0) is 30.4 Å². The van der Waals surface area contributed by atoms with E-state index in [4.69, 9.17) is 14.7 Å². The summed E-state index contributed by atoms with van der Waals surface area (Å²) in [6.07, 6.45) is 2.73. The molecule has 0 N–H and O–H groups in total. The van der Waals surface area contributed by atoms with E-state index in [1.165, 1.54) is 0 Å². The lowest BCUT2D eigenvalue weighted by molar-refractivity contribution is 0.183. The highest BCUT2D eigenvalue weighted by atomic mass is 32.2. The largest absolute Gasteiger partial charge is 0.493 e. The van der Waals surface area contributed by atoms with Crippen molar-refractivity contribution in [1.29, 1.82) is 5.26 Å². The maximum atomic E-state index is 8.86. The second-order valence-corrected chi connectivity index (χ2v) is 5.44. The zero-order chi connectivity index (χ0) is 12.8. The number of nitrogens with zero attached hydrogens (tertiary/aromatic N) is 1. The first-order valence-corrected chi connectivity index (χ1v) is 7.28. The number of thioether (sulfide) groups is 1. The van der Waals surface area contributed by atoms with Gasteiger partial charge < -0.3 is 9.47 Å². The molecule has 0 atom stereocenters. The molecule has 1 aromatic rings. The van der Waals surface area contributed by atoms with E-state index < -0.39 is 0 Å². The van der Waals surface area contributed by atoms with Gasteiger partial charge in [-0.3, -0.25) is 0 Å². The van der Waals surface area contributed by atoms with Crippen molar-refractivity contribution >= 4 is 11.8 Å². The average Bonchev–Trinajstić information content (AvgIpc) is 2.42. The van der Waals surface area contributed by atoms with Gasteiger partial charge in [0.05, 0.1) is 19.6 Å². The van der Waals surface area contributed by atoms with Crippen LogP contribution in [0.5, 0.6) is 11.5 Å². The molecule has 1 aliphatic rings. The molecule has 1 heterocycles. The number of hydrogen-bond acceptors (Lipinski definition) is 4. The van der Waals surface area contributed by atoms with Gasteiger partial charge in [-0.25, -0.2) is 0 Å². The Hall–Kier alpha value is -1.34. The quantitative estimate of drug-likeness (QED) is 0.837. The summed E-state index contributed by atoms with van der Waals surface area (Å²) in [5, 5.41) is 8.86. The first-order valence-electron chi connectivity index (χ1n) is 6.12. The fourth-order valence-electron chi connectivity index (χ4n) is 2.04. The lowest BCUT2D eigenvalue weighted by atomic mass is 10.1. The molecule has 0 unspecified atom stereocenters. The Morgan fingerprint density at radius 2 is 2.17 bits per heavy atom. The Morgan fingerprint density at radius 1 is 1.39 bits per heavy atom. The molecule has 0 aromatic heterocycles. The normalized spacial score (nSPS) is 16.0. The van der Waals surface area contributed by atoms with E-state index in [1.807, 2.05) is 30.0 Å². The molecular formula is C14H17NO2S. The van der Waals surface area contributed by atoms with Gasteiger partial charge in [-0.15, -0.1) is 0 Å². The highest BCUT2D eigenvalue weighted by Gasteiger charge is 2.19. The predicted octanol–water partition coefficient (Wildman–Crippen LogP) is 3.04. The van der Waals surface area contributed by atoms with Crippen molar-refractivity contribution in [2.75, 3.05) is 18.6 Å². The van der Waals surface area contributed by atoms with Crippen molar-refractivity contribution < 1.29 is 9.47 Å². The monoisotopic (exact) mass is 263 g/mol. The molecule has 1 aliphatic heterocycles. The molecule has 0 saturated carbocycles.